The molecular formula is C14H11N2O4PS. The van der Waals surface area contributed by atoms with Crippen molar-refractivity contribution in [3.05, 3.63) is 58.5 Å². The van der Waals surface area contributed by atoms with Gasteiger partial charge in [0.15, 0.2) is 0 Å². The maximum absolute atomic E-state index is 12.0. The van der Waals surface area contributed by atoms with Gasteiger partial charge in [0.25, 0.3) is 5.56 Å². The summed E-state index contributed by atoms with van der Waals surface area (Å²) in [7, 11) is -4.19. The Hall–Kier alpha value is -1.92. The first-order chi connectivity index (χ1) is 10.4. The van der Waals surface area contributed by atoms with Crippen LogP contribution in [0, 0.1) is 0 Å². The van der Waals surface area contributed by atoms with Gasteiger partial charge in [-0.3, -0.25) is 9.36 Å². The number of nitrogens with zero attached hydrogens (tertiary/aromatic N) is 2. The maximum atomic E-state index is 12.0. The second kappa shape index (κ2) is 5.70. The molecule has 0 atom stereocenters. The molecule has 2 heterocycles. The average molecular weight is 334 g/mol. The Morgan fingerprint density at radius 1 is 1.05 bits per heavy atom. The lowest BCUT2D eigenvalue weighted by atomic mass is 10.3. The molecule has 0 bridgehead atoms. The molecule has 0 saturated heterocycles. The van der Waals surface area contributed by atoms with Gasteiger partial charge in [-0.05, 0) is 24.3 Å². The fourth-order valence-corrected chi connectivity index (χ4v) is 3.58. The number of benzene rings is 1. The predicted octanol–water partition coefficient (Wildman–Crippen LogP) is 2.40. The van der Waals surface area contributed by atoms with Gasteiger partial charge in [-0.25, -0.2) is 4.98 Å². The van der Waals surface area contributed by atoms with Crippen LogP contribution in [0.15, 0.2) is 47.3 Å². The van der Waals surface area contributed by atoms with Crippen LogP contribution in [0.4, 0.5) is 0 Å². The molecule has 2 N–H and O–H groups in total. The summed E-state index contributed by atoms with van der Waals surface area (Å²) in [6.07, 6.45) is -0.441. The maximum Gasteiger partial charge on any atom is 0.331 e. The standard InChI is InChI=1S/C14H11N2O4PS/c17-13-10-5-1-2-7-12(10)22-14(16-13)11-6-3-4-9(15-11)8-21(18,19)20/h1-7H,8H2,(H2,18,19,20). The van der Waals surface area contributed by atoms with Gasteiger partial charge >= 0.3 is 7.60 Å². The number of aromatic nitrogens is 2. The molecule has 0 aliphatic rings. The number of hydrogen-bond donors (Lipinski definition) is 2. The van der Waals surface area contributed by atoms with Crippen LogP contribution in [0.25, 0.3) is 20.8 Å². The highest BCUT2D eigenvalue weighted by Crippen LogP contribution is 2.38. The van der Waals surface area contributed by atoms with E-state index in [1.807, 2.05) is 12.1 Å². The molecule has 0 unspecified atom stereocenters. The largest absolute Gasteiger partial charge is 0.331 e. The quantitative estimate of drug-likeness (QED) is 0.713. The number of rotatable bonds is 3. The smallest absolute Gasteiger partial charge is 0.324 e. The van der Waals surface area contributed by atoms with Gasteiger partial charge in [-0.15, -0.1) is 11.3 Å². The van der Waals surface area contributed by atoms with Crippen molar-refractivity contribution in [3.63, 3.8) is 0 Å². The van der Waals surface area contributed by atoms with E-state index in [1.165, 1.54) is 17.4 Å². The van der Waals surface area contributed by atoms with Crippen LogP contribution in [0.3, 0.4) is 0 Å². The van der Waals surface area contributed by atoms with E-state index in [0.717, 1.165) is 4.70 Å². The molecule has 112 valence electrons. The fourth-order valence-electron chi connectivity index (χ4n) is 2.02. The molecule has 1 aromatic carbocycles. The summed E-state index contributed by atoms with van der Waals surface area (Å²) in [6, 6.07) is 12.0. The molecule has 2 aromatic heterocycles. The number of pyridine rings is 1. The van der Waals surface area contributed by atoms with Crippen LogP contribution in [0.2, 0.25) is 0 Å². The molecule has 8 heteroatoms. The molecule has 0 fully saturated rings. The van der Waals surface area contributed by atoms with Crippen LogP contribution >= 0.6 is 18.9 Å². The molecule has 6 nitrogen and oxygen atoms in total. The molecule has 0 aliphatic carbocycles. The molecule has 22 heavy (non-hydrogen) atoms. The van der Waals surface area contributed by atoms with E-state index in [4.69, 9.17) is 9.79 Å². The van der Waals surface area contributed by atoms with Gasteiger partial charge in [0.1, 0.15) is 5.01 Å². The fraction of sp³-hybridized carbons (Fsp3) is 0.0714. The zero-order valence-corrected chi connectivity index (χ0v) is 12.9. The summed E-state index contributed by atoms with van der Waals surface area (Å²) in [5.74, 6) is 0. The van der Waals surface area contributed by atoms with Gasteiger partial charge in [-0.2, -0.15) is 4.98 Å². The highest BCUT2D eigenvalue weighted by molar-refractivity contribution is 7.50. The van der Waals surface area contributed by atoms with Crippen LogP contribution in [0.1, 0.15) is 5.69 Å². The Labute approximate surface area is 129 Å². The van der Waals surface area contributed by atoms with Crippen molar-refractivity contribution >= 4 is 29.0 Å². The van der Waals surface area contributed by atoms with Gasteiger partial charge in [0, 0.05) is 4.70 Å². The van der Waals surface area contributed by atoms with Crippen LogP contribution in [-0.2, 0) is 10.7 Å². The third-order valence-electron chi connectivity index (χ3n) is 2.92. The molecule has 0 saturated carbocycles. The SMILES string of the molecule is O=c1nc(-c2cccc(CP(=O)(O)O)n2)sc2ccccc12. The van der Waals surface area contributed by atoms with E-state index in [2.05, 4.69) is 9.97 Å². The van der Waals surface area contributed by atoms with E-state index in [1.54, 1.807) is 24.3 Å². The highest BCUT2D eigenvalue weighted by atomic mass is 32.1. The van der Waals surface area contributed by atoms with Gasteiger partial charge in [0.2, 0.25) is 0 Å². The number of fused-ring (bicyclic) bond motifs is 1. The molecule has 3 rings (SSSR count). The lowest BCUT2D eigenvalue weighted by Crippen LogP contribution is -2.06. The first-order valence-electron chi connectivity index (χ1n) is 6.33. The van der Waals surface area contributed by atoms with Crippen molar-refractivity contribution in [2.45, 2.75) is 6.16 Å². The van der Waals surface area contributed by atoms with Crippen LogP contribution < -0.4 is 5.56 Å². The predicted molar refractivity (Wildman–Crippen MR) is 84.9 cm³/mol. The molecule has 3 aromatic rings. The third-order valence-corrected chi connectivity index (χ3v) is 4.73. The lowest BCUT2D eigenvalue weighted by Gasteiger charge is -2.05. The van der Waals surface area contributed by atoms with E-state index in [-0.39, 0.29) is 11.3 Å². The zero-order valence-electron chi connectivity index (χ0n) is 11.2. The molecule has 0 amide bonds. The van der Waals surface area contributed by atoms with Crippen LogP contribution in [-0.4, -0.2) is 19.8 Å². The van der Waals surface area contributed by atoms with Crippen molar-refractivity contribution in [3.8, 4) is 10.7 Å². The Morgan fingerprint density at radius 3 is 2.59 bits per heavy atom. The minimum Gasteiger partial charge on any atom is -0.324 e. The summed E-state index contributed by atoms with van der Waals surface area (Å²) in [5.41, 5.74) is 0.353. The van der Waals surface area contributed by atoms with Gasteiger partial charge in [0.05, 0.1) is 22.9 Å². The van der Waals surface area contributed by atoms with E-state index >= 15 is 0 Å². The van der Waals surface area contributed by atoms with Crippen molar-refractivity contribution in [2.75, 3.05) is 0 Å². The molecular weight excluding hydrogens is 323 g/mol. The van der Waals surface area contributed by atoms with E-state index in [9.17, 15) is 9.36 Å². The summed E-state index contributed by atoms with van der Waals surface area (Å²) >= 11 is 1.31. The monoisotopic (exact) mass is 334 g/mol. The van der Waals surface area contributed by atoms with E-state index in [0.29, 0.717) is 16.1 Å². The third kappa shape index (κ3) is 3.28. The van der Waals surface area contributed by atoms with Crippen molar-refractivity contribution in [2.24, 2.45) is 0 Å². The van der Waals surface area contributed by atoms with Gasteiger partial charge in [-0.1, -0.05) is 18.2 Å². The Kier molecular flexibility index (Phi) is 3.88. The first-order valence-corrected chi connectivity index (χ1v) is 8.94. The topological polar surface area (TPSA) is 100 Å². The number of hydrogen-bond acceptors (Lipinski definition) is 5. The lowest BCUT2D eigenvalue weighted by molar-refractivity contribution is 0.371. The molecule has 0 radical (unpaired) electrons. The Morgan fingerprint density at radius 2 is 1.82 bits per heavy atom. The summed E-state index contributed by atoms with van der Waals surface area (Å²) in [6.45, 7) is 0. The van der Waals surface area contributed by atoms with E-state index < -0.39 is 13.8 Å². The first kappa shape index (κ1) is 15.0. The summed E-state index contributed by atoms with van der Waals surface area (Å²) in [5, 5.41) is 0.971. The normalized spacial score (nSPS) is 11.7. The zero-order chi connectivity index (χ0) is 15.7. The second-order valence-electron chi connectivity index (χ2n) is 4.66. The van der Waals surface area contributed by atoms with Gasteiger partial charge < -0.3 is 9.79 Å². The van der Waals surface area contributed by atoms with Crippen molar-refractivity contribution in [1.82, 2.24) is 9.97 Å². The summed E-state index contributed by atoms with van der Waals surface area (Å²) in [4.78, 5) is 38.3. The minimum atomic E-state index is -4.19. The summed E-state index contributed by atoms with van der Waals surface area (Å²) < 4.78 is 11.9. The minimum absolute atomic E-state index is 0.264. The molecule has 0 spiro atoms. The highest BCUT2D eigenvalue weighted by Gasteiger charge is 2.16. The Bertz CT molecular complexity index is 951. The second-order valence-corrected chi connectivity index (χ2v) is 7.33. The van der Waals surface area contributed by atoms with Crippen molar-refractivity contribution < 1.29 is 14.4 Å². The van der Waals surface area contributed by atoms with Crippen LogP contribution in [0.5, 0.6) is 0 Å². The average Bonchev–Trinajstić information content (AvgIpc) is 2.46. The molecule has 0 aliphatic heterocycles. The Balaban J connectivity index is 2.10. The van der Waals surface area contributed by atoms with Crippen molar-refractivity contribution in [1.29, 1.82) is 0 Å².